The topological polar surface area (TPSA) is 112 Å². The summed E-state index contributed by atoms with van der Waals surface area (Å²) in [7, 11) is -3.65. The maximum Gasteiger partial charge on any atom is 0.310 e. The van der Waals surface area contributed by atoms with Crippen LogP contribution in [0.15, 0.2) is 27.6 Å². The van der Waals surface area contributed by atoms with E-state index in [2.05, 4.69) is 10.1 Å². The van der Waals surface area contributed by atoms with Crippen molar-refractivity contribution in [2.24, 2.45) is 17.8 Å². The first kappa shape index (κ1) is 19.4. The summed E-state index contributed by atoms with van der Waals surface area (Å²) in [6, 6.07) is 5.16. The third-order valence-corrected chi connectivity index (χ3v) is 9.28. The molecular weight excluding hydrogens is 422 g/mol. The molecule has 9 nitrogen and oxygen atoms in total. The van der Waals surface area contributed by atoms with E-state index in [0.29, 0.717) is 55.1 Å². The number of carbonyl (C=O) groups excluding carboxylic acids is 1. The number of ether oxygens (including phenoxy) is 2. The van der Waals surface area contributed by atoms with E-state index < -0.39 is 10.0 Å². The normalized spacial score (nSPS) is 32.5. The van der Waals surface area contributed by atoms with Crippen LogP contribution in [-0.4, -0.2) is 61.2 Å². The molecule has 4 fully saturated rings. The molecule has 2 bridgehead atoms. The van der Waals surface area contributed by atoms with Gasteiger partial charge >= 0.3 is 5.97 Å². The largest absolute Gasteiger partial charge is 0.462 e. The van der Waals surface area contributed by atoms with Crippen molar-refractivity contribution < 1.29 is 27.2 Å². The third-order valence-electron chi connectivity index (χ3n) is 7.24. The molecule has 5 atom stereocenters. The maximum absolute atomic E-state index is 13.2. The van der Waals surface area contributed by atoms with Gasteiger partial charge in [0.15, 0.2) is 0 Å². The molecule has 2 aliphatic heterocycles. The van der Waals surface area contributed by atoms with Crippen LogP contribution in [0, 0.1) is 24.7 Å². The number of sulfonamides is 1. The van der Waals surface area contributed by atoms with Gasteiger partial charge in [-0.2, -0.15) is 9.29 Å². The van der Waals surface area contributed by atoms with Gasteiger partial charge in [-0.1, -0.05) is 17.3 Å². The number of benzene rings is 1. The fraction of sp³-hybridized carbons (Fsp3) is 0.571. The number of aryl methyl sites for hydroxylation is 1. The average Bonchev–Trinajstić information content (AvgIpc) is 3.51. The second-order valence-electron chi connectivity index (χ2n) is 8.88. The van der Waals surface area contributed by atoms with E-state index in [0.717, 1.165) is 12.8 Å². The number of rotatable bonds is 4. The zero-order chi connectivity index (χ0) is 21.3. The Morgan fingerprint density at radius 3 is 2.74 bits per heavy atom. The van der Waals surface area contributed by atoms with Crippen LogP contribution in [0.1, 0.15) is 30.2 Å². The number of carbonyl (C=O) groups is 1. The smallest absolute Gasteiger partial charge is 0.310 e. The van der Waals surface area contributed by atoms with Crippen LogP contribution in [-0.2, 0) is 24.3 Å². The summed E-state index contributed by atoms with van der Waals surface area (Å²) in [5.41, 5.74) is 1.23. The molecule has 3 heterocycles. The predicted octanol–water partition coefficient (Wildman–Crippen LogP) is 1.73. The lowest BCUT2D eigenvalue weighted by atomic mass is 9.80. The highest BCUT2D eigenvalue weighted by atomic mass is 32.2. The van der Waals surface area contributed by atoms with Gasteiger partial charge in [0, 0.05) is 24.6 Å². The standard InChI is InChI=1S/C21H23N3O6S/c1-11-2-3-12(10-16(11)31(26,27)24-4-6-28-7-5-24)19-22-20(30-23-19)17-13-8-14-15(9-13)29-21(25)18(14)17/h2-3,10,13-15,17-18H,4-9H2,1H3/t13-,14+,15-,17-,18+/m1/s1. The lowest BCUT2D eigenvalue weighted by Crippen LogP contribution is -2.40. The van der Waals surface area contributed by atoms with E-state index in [4.69, 9.17) is 14.0 Å². The van der Waals surface area contributed by atoms with Crippen LogP contribution in [0.25, 0.3) is 11.4 Å². The van der Waals surface area contributed by atoms with Crippen molar-refractivity contribution in [3.05, 3.63) is 29.7 Å². The van der Waals surface area contributed by atoms with Crippen molar-refractivity contribution in [2.45, 2.75) is 36.7 Å². The Hall–Kier alpha value is -2.30. The van der Waals surface area contributed by atoms with E-state index in [1.54, 1.807) is 25.1 Å². The number of fused-ring (bicyclic) bond motifs is 1. The van der Waals surface area contributed by atoms with Crippen molar-refractivity contribution in [1.82, 2.24) is 14.4 Å². The van der Waals surface area contributed by atoms with Crippen molar-refractivity contribution in [3.8, 4) is 11.4 Å². The Kier molecular flexibility index (Phi) is 4.28. The summed E-state index contributed by atoms with van der Waals surface area (Å²) in [5, 5.41) is 4.12. The number of aromatic nitrogens is 2. The third kappa shape index (κ3) is 2.88. The number of hydrogen-bond donors (Lipinski definition) is 0. The quantitative estimate of drug-likeness (QED) is 0.654. The average molecular weight is 445 g/mol. The minimum atomic E-state index is -3.65. The van der Waals surface area contributed by atoms with Gasteiger partial charge in [-0.25, -0.2) is 8.42 Å². The lowest BCUT2D eigenvalue weighted by molar-refractivity contribution is -0.143. The van der Waals surface area contributed by atoms with Gasteiger partial charge < -0.3 is 14.0 Å². The second kappa shape index (κ2) is 6.85. The molecule has 2 saturated heterocycles. The molecule has 0 radical (unpaired) electrons. The summed E-state index contributed by atoms with van der Waals surface area (Å²) in [5.74, 6) is 0.875. The molecule has 1 aromatic carbocycles. The molecule has 4 aliphatic rings. The molecule has 31 heavy (non-hydrogen) atoms. The Labute approximate surface area is 179 Å². The van der Waals surface area contributed by atoms with Gasteiger partial charge in [-0.05, 0) is 37.3 Å². The van der Waals surface area contributed by atoms with Crippen LogP contribution in [0.5, 0.6) is 0 Å². The van der Waals surface area contributed by atoms with Gasteiger partial charge in [0.2, 0.25) is 21.7 Å². The highest BCUT2D eigenvalue weighted by Crippen LogP contribution is 2.61. The lowest BCUT2D eigenvalue weighted by Gasteiger charge is -2.26. The maximum atomic E-state index is 13.2. The monoisotopic (exact) mass is 445 g/mol. The summed E-state index contributed by atoms with van der Waals surface area (Å²) in [4.78, 5) is 17.1. The molecular formula is C21H23N3O6S. The molecule has 6 rings (SSSR count). The Bertz CT molecular complexity index is 1150. The minimum absolute atomic E-state index is 0.0474. The SMILES string of the molecule is Cc1ccc(-c2noc([C@@H]3[C@@H]4C[C@@H]5[C@@H]3C(=O)O[C@@H]5C4)n2)cc1S(=O)(=O)N1CCOCC1. The summed E-state index contributed by atoms with van der Waals surface area (Å²) < 4.78 is 44.1. The number of morpholine rings is 1. The van der Waals surface area contributed by atoms with Crippen LogP contribution in [0.3, 0.4) is 0 Å². The first-order valence-corrected chi connectivity index (χ1v) is 12.1. The highest BCUT2D eigenvalue weighted by Gasteiger charge is 2.63. The molecule has 2 aromatic rings. The number of esters is 1. The first-order chi connectivity index (χ1) is 14.9. The molecule has 1 aromatic heterocycles. The van der Waals surface area contributed by atoms with E-state index in [1.165, 1.54) is 4.31 Å². The number of hydrogen-bond acceptors (Lipinski definition) is 8. The fourth-order valence-electron chi connectivity index (χ4n) is 5.77. The fourth-order valence-corrected chi connectivity index (χ4v) is 7.43. The number of nitrogens with zero attached hydrogens (tertiary/aromatic N) is 3. The molecule has 2 aliphatic carbocycles. The van der Waals surface area contributed by atoms with Crippen LogP contribution < -0.4 is 0 Å². The van der Waals surface area contributed by atoms with Gasteiger partial charge in [0.1, 0.15) is 6.10 Å². The first-order valence-electron chi connectivity index (χ1n) is 10.7. The molecule has 0 amide bonds. The molecule has 2 saturated carbocycles. The molecule has 0 N–H and O–H groups in total. The predicted molar refractivity (Wildman–Crippen MR) is 106 cm³/mol. The van der Waals surface area contributed by atoms with Gasteiger partial charge in [0.25, 0.3) is 0 Å². The minimum Gasteiger partial charge on any atom is -0.462 e. The summed E-state index contributed by atoms with van der Waals surface area (Å²) in [6.07, 6.45) is 1.85. The van der Waals surface area contributed by atoms with E-state index in [9.17, 15) is 13.2 Å². The van der Waals surface area contributed by atoms with Gasteiger partial charge in [0.05, 0.1) is 29.9 Å². The van der Waals surface area contributed by atoms with Gasteiger partial charge in [-0.15, -0.1) is 0 Å². The molecule has 10 heteroatoms. The van der Waals surface area contributed by atoms with Crippen molar-refractivity contribution in [1.29, 1.82) is 0 Å². The summed E-state index contributed by atoms with van der Waals surface area (Å²) >= 11 is 0. The van der Waals surface area contributed by atoms with E-state index >= 15 is 0 Å². The highest BCUT2D eigenvalue weighted by molar-refractivity contribution is 7.89. The van der Waals surface area contributed by atoms with E-state index in [-0.39, 0.29) is 34.7 Å². The molecule has 0 spiro atoms. The van der Waals surface area contributed by atoms with Crippen molar-refractivity contribution in [2.75, 3.05) is 26.3 Å². The van der Waals surface area contributed by atoms with Crippen molar-refractivity contribution >= 4 is 16.0 Å². The zero-order valence-corrected chi connectivity index (χ0v) is 17.9. The Morgan fingerprint density at radius 1 is 1.13 bits per heavy atom. The van der Waals surface area contributed by atoms with Crippen molar-refractivity contribution in [3.63, 3.8) is 0 Å². The molecule has 164 valence electrons. The second-order valence-corrected chi connectivity index (χ2v) is 10.8. The van der Waals surface area contributed by atoms with Crippen LogP contribution in [0.4, 0.5) is 0 Å². The Morgan fingerprint density at radius 2 is 1.94 bits per heavy atom. The summed E-state index contributed by atoms with van der Waals surface area (Å²) in [6.45, 7) is 3.22. The van der Waals surface area contributed by atoms with E-state index in [1.807, 2.05) is 0 Å². The van der Waals surface area contributed by atoms with Crippen LogP contribution in [0.2, 0.25) is 0 Å². The Balaban J connectivity index is 1.32. The zero-order valence-electron chi connectivity index (χ0n) is 17.1. The van der Waals surface area contributed by atoms with Crippen LogP contribution >= 0.6 is 0 Å². The molecule has 0 unspecified atom stereocenters. The van der Waals surface area contributed by atoms with Gasteiger partial charge in [-0.3, -0.25) is 4.79 Å².